The number of methoxy groups -OCH3 is 1. The van der Waals surface area contributed by atoms with Gasteiger partial charge in [0, 0.05) is 6.54 Å². The zero-order chi connectivity index (χ0) is 17.3. The molecule has 0 spiro atoms. The van der Waals surface area contributed by atoms with Crippen LogP contribution in [0.25, 0.3) is 5.69 Å². The summed E-state index contributed by atoms with van der Waals surface area (Å²) in [6.07, 6.45) is 4.33. The lowest BCUT2D eigenvalue weighted by atomic mass is 9.97. The maximum Gasteiger partial charge on any atom is 0.257 e. The summed E-state index contributed by atoms with van der Waals surface area (Å²) in [5, 5.41) is 8.17. The minimum Gasteiger partial charge on any atom is -0.497 e. The van der Waals surface area contributed by atoms with Crippen LogP contribution in [0.4, 0.5) is 0 Å². The number of nitrogens with zero attached hydrogens (tertiary/aromatic N) is 4. The van der Waals surface area contributed by atoms with E-state index in [1.165, 1.54) is 29.2 Å². The van der Waals surface area contributed by atoms with Crippen LogP contribution in [0, 0.1) is 0 Å². The molecular formula is C16H19N5O3. The number of rotatable bonds is 4. The van der Waals surface area contributed by atoms with Gasteiger partial charge in [-0.3, -0.25) is 9.59 Å². The summed E-state index contributed by atoms with van der Waals surface area (Å²) in [4.78, 5) is 27.9. The quantitative estimate of drug-likeness (QED) is 0.892. The normalized spacial score (nSPS) is 20.2. The highest BCUT2D eigenvalue weighted by Gasteiger charge is 2.45. The first-order chi connectivity index (χ1) is 11.5. The van der Waals surface area contributed by atoms with Crippen molar-refractivity contribution in [1.82, 2.24) is 19.9 Å². The first kappa shape index (κ1) is 16.0. The number of likely N-dealkylation sites (tertiary alicyclic amines) is 1. The van der Waals surface area contributed by atoms with Crippen LogP contribution in [0.3, 0.4) is 0 Å². The van der Waals surface area contributed by atoms with E-state index < -0.39 is 11.4 Å². The number of benzene rings is 1. The van der Waals surface area contributed by atoms with E-state index in [2.05, 4.69) is 10.2 Å². The Bertz CT molecular complexity index is 774. The molecule has 0 bridgehead atoms. The van der Waals surface area contributed by atoms with Gasteiger partial charge < -0.3 is 15.4 Å². The maximum atomic E-state index is 13.1. The van der Waals surface area contributed by atoms with Crippen molar-refractivity contribution < 1.29 is 14.3 Å². The van der Waals surface area contributed by atoms with Gasteiger partial charge in [0.1, 0.15) is 11.3 Å². The third kappa shape index (κ3) is 2.49. The molecule has 0 saturated carbocycles. The molecule has 3 rings (SSSR count). The third-order valence-corrected chi connectivity index (χ3v) is 4.49. The Morgan fingerprint density at radius 1 is 1.29 bits per heavy atom. The van der Waals surface area contributed by atoms with E-state index in [1.807, 2.05) is 0 Å². The van der Waals surface area contributed by atoms with Crippen molar-refractivity contribution in [2.45, 2.75) is 25.3 Å². The maximum absolute atomic E-state index is 13.1. The number of carbonyl (C=O) groups excluding carboxylic acids is 2. The van der Waals surface area contributed by atoms with E-state index in [0.717, 1.165) is 6.42 Å². The molecule has 1 aliphatic heterocycles. The SMILES string of the molecule is COc1ccc(-n2nccn2)c(C(=O)N2CCCC2(C)C(N)=O)c1. The minimum atomic E-state index is -0.991. The molecule has 8 heteroatoms. The molecule has 1 unspecified atom stereocenters. The Labute approximate surface area is 139 Å². The first-order valence-electron chi connectivity index (χ1n) is 7.64. The van der Waals surface area contributed by atoms with Gasteiger partial charge in [0.25, 0.3) is 5.91 Å². The lowest BCUT2D eigenvalue weighted by Gasteiger charge is -2.32. The van der Waals surface area contributed by atoms with Crippen molar-refractivity contribution in [1.29, 1.82) is 0 Å². The summed E-state index contributed by atoms with van der Waals surface area (Å²) in [6.45, 7) is 2.17. The van der Waals surface area contributed by atoms with Gasteiger partial charge in [0.15, 0.2) is 0 Å². The van der Waals surface area contributed by atoms with E-state index in [1.54, 1.807) is 25.1 Å². The van der Waals surface area contributed by atoms with Gasteiger partial charge >= 0.3 is 0 Å². The molecule has 1 fully saturated rings. The topological polar surface area (TPSA) is 103 Å². The fourth-order valence-electron chi connectivity index (χ4n) is 3.02. The van der Waals surface area contributed by atoms with Gasteiger partial charge in [-0.25, -0.2) is 0 Å². The Hall–Kier alpha value is -2.90. The summed E-state index contributed by atoms with van der Waals surface area (Å²) < 4.78 is 5.23. The van der Waals surface area contributed by atoms with Crippen LogP contribution < -0.4 is 10.5 Å². The van der Waals surface area contributed by atoms with Gasteiger partial charge in [0.05, 0.1) is 30.8 Å². The summed E-state index contributed by atoms with van der Waals surface area (Å²) in [5.41, 5.74) is 5.43. The van der Waals surface area contributed by atoms with Gasteiger partial charge in [-0.05, 0) is 38.0 Å². The van der Waals surface area contributed by atoms with Crippen LogP contribution in [0.1, 0.15) is 30.1 Å². The highest BCUT2D eigenvalue weighted by Crippen LogP contribution is 2.32. The zero-order valence-electron chi connectivity index (χ0n) is 13.6. The molecular weight excluding hydrogens is 310 g/mol. The number of hydrogen-bond acceptors (Lipinski definition) is 5. The zero-order valence-corrected chi connectivity index (χ0v) is 13.6. The number of hydrogen-bond donors (Lipinski definition) is 1. The van der Waals surface area contributed by atoms with Crippen molar-refractivity contribution >= 4 is 11.8 Å². The summed E-state index contributed by atoms with van der Waals surface area (Å²) >= 11 is 0. The van der Waals surface area contributed by atoms with E-state index in [9.17, 15) is 9.59 Å². The summed E-state index contributed by atoms with van der Waals surface area (Å²) in [7, 11) is 1.53. The molecule has 1 aromatic heterocycles. The predicted molar refractivity (Wildman–Crippen MR) is 85.8 cm³/mol. The lowest BCUT2D eigenvalue weighted by molar-refractivity contribution is -0.126. The van der Waals surface area contributed by atoms with Crippen LogP contribution in [-0.4, -0.2) is 50.9 Å². The Morgan fingerprint density at radius 3 is 2.62 bits per heavy atom. The van der Waals surface area contributed by atoms with Crippen LogP contribution in [0.15, 0.2) is 30.6 Å². The minimum absolute atomic E-state index is 0.292. The van der Waals surface area contributed by atoms with Gasteiger partial charge in [-0.1, -0.05) is 0 Å². The fraction of sp³-hybridized carbons (Fsp3) is 0.375. The van der Waals surface area contributed by atoms with Crippen LogP contribution in [-0.2, 0) is 4.79 Å². The predicted octanol–water partition coefficient (Wildman–Crippen LogP) is 0.756. The second-order valence-corrected chi connectivity index (χ2v) is 5.90. The molecule has 0 radical (unpaired) electrons. The standard InChI is InChI=1S/C16H19N5O3/c1-16(15(17)23)6-3-9-20(16)14(22)12-10-11(24-2)4-5-13(12)21-18-7-8-19-21/h4-5,7-8,10H,3,6,9H2,1-2H3,(H2,17,23). The van der Waals surface area contributed by atoms with Crippen molar-refractivity contribution in [3.63, 3.8) is 0 Å². The third-order valence-electron chi connectivity index (χ3n) is 4.49. The van der Waals surface area contributed by atoms with E-state index in [-0.39, 0.29) is 5.91 Å². The van der Waals surface area contributed by atoms with E-state index in [0.29, 0.717) is 30.0 Å². The molecule has 2 amide bonds. The van der Waals surface area contributed by atoms with Crippen LogP contribution in [0.2, 0.25) is 0 Å². The first-order valence-corrected chi connectivity index (χ1v) is 7.64. The molecule has 2 N–H and O–H groups in total. The molecule has 2 aromatic rings. The molecule has 1 atom stereocenters. The number of carbonyl (C=O) groups is 2. The Kier molecular flexibility index (Phi) is 3.96. The number of ether oxygens (including phenoxy) is 1. The Balaban J connectivity index is 2.07. The second kappa shape index (κ2) is 5.95. The van der Waals surface area contributed by atoms with Crippen molar-refractivity contribution in [3.05, 3.63) is 36.2 Å². The molecule has 8 nitrogen and oxygen atoms in total. The number of nitrogens with two attached hydrogens (primary N) is 1. The molecule has 1 aromatic carbocycles. The highest BCUT2D eigenvalue weighted by molar-refractivity contribution is 6.02. The molecule has 1 saturated heterocycles. The fourth-order valence-corrected chi connectivity index (χ4v) is 3.02. The van der Waals surface area contributed by atoms with Gasteiger partial charge in [0.2, 0.25) is 5.91 Å². The highest BCUT2D eigenvalue weighted by atomic mass is 16.5. The van der Waals surface area contributed by atoms with Crippen molar-refractivity contribution in [2.75, 3.05) is 13.7 Å². The molecule has 0 aliphatic carbocycles. The van der Waals surface area contributed by atoms with E-state index in [4.69, 9.17) is 10.5 Å². The van der Waals surface area contributed by atoms with Crippen molar-refractivity contribution in [3.8, 4) is 11.4 Å². The average Bonchev–Trinajstić information content (AvgIpc) is 3.24. The number of amides is 2. The Morgan fingerprint density at radius 2 is 2.00 bits per heavy atom. The van der Waals surface area contributed by atoms with Crippen LogP contribution >= 0.6 is 0 Å². The largest absolute Gasteiger partial charge is 0.497 e. The molecule has 24 heavy (non-hydrogen) atoms. The molecule has 1 aliphatic rings. The lowest BCUT2D eigenvalue weighted by Crippen LogP contribution is -2.54. The smallest absolute Gasteiger partial charge is 0.257 e. The van der Waals surface area contributed by atoms with Gasteiger partial charge in [-0.2, -0.15) is 15.0 Å². The van der Waals surface area contributed by atoms with Crippen LogP contribution in [0.5, 0.6) is 5.75 Å². The number of aromatic nitrogens is 3. The monoisotopic (exact) mass is 329 g/mol. The summed E-state index contributed by atoms with van der Waals surface area (Å²) in [6, 6.07) is 5.07. The van der Waals surface area contributed by atoms with Crippen molar-refractivity contribution in [2.24, 2.45) is 5.73 Å². The average molecular weight is 329 g/mol. The molecule has 2 heterocycles. The molecule has 126 valence electrons. The van der Waals surface area contributed by atoms with Gasteiger partial charge in [-0.15, -0.1) is 0 Å². The number of primary amides is 1. The van der Waals surface area contributed by atoms with E-state index >= 15 is 0 Å². The second-order valence-electron chi connectivity index (χ2n) is 5.90. The summed E-state index contributed by atoms with van der Waals surface area (Å²) in [5.74, 6) is -0.260.